The van der Waals surface area contributed by atoms with Crippen molar-refractivity contribution in [1.29, 1.82) is 5.26 Å². The largest absolute Gasteiger partial charge is 0.465 e. The normalized spacial score (nSPS) is 20.6. The summed E-state index contributed by atoms with van der Waals surface area (Å²) in [6, 6.07) is 2.17. The Hall–Kier alpha value is -2.43. The lowest BCUT2D eigenvalue weighted by Gasteiger charge is -2.51. The number of carbonyl (C=O) groups is 1. The van der Waals surface area contributed by atoms with Crippen LogP contribution in [0.4, 0.5) is 10.7 Å². The van der Waals surface area contributed by atoms with Gasteiger partial charge >= 0.3 is 6.09 Å². The molecule has 21 heavy (non-hydrogen) atoms. The van der Waals surface area contributed by atoms with Crippen LogP contribution in [0.2, 0.25) is 0 Å². The van der Waals surface area contributed by atoms with E-state index in [9.17, 15) is 4.79 Å². The number of aromatic nitrogens is 3. The second-order valence-corrected chi connectivity index (χ2v) is 5.76. The lowest BCUT2D eigenvalue weighted by atomic mass is 9.60. The lowest BCUT2D eigenvalue weighted by Crippen LogP contribution is -2.52. The molecule has 1 aliphatic carbocycles. The molecule has 2 aliphatic rings. The predicted octanol–water partition coefficient (Wildman–Crippen LogP) is 1.08. The van der Waals surface area contributed by atoms with E-state index in [1.165, 1.54) is 11.2 Å². The third-order valence-electron chi connectivity index (χ3n) is 4.46. The van der Waals surface area contributed by atoms with Gasteiger partial charge in [0.2, 0.25) is 11.8 Å². The Morgan fingerprint density at radius 1 is 1.43 bits per heavy atom. The summed E-state index contributed by atoms with van der Waals surface area (Å²) in [4.78, 5) is 24.1. The van der Waals surface area contributed by atoms with Crippen LogP contribution >= 0.6 is 0 Å². The van der Waals surface area contributed by atoms with Crippen LogP contribution in [0.15, 0.2) is 6.33 Å². The quantitative estimate of drug-likeness (QED) is 0.836. The first-order valence-corrected chi connectivity index (χ1v) is 6.94. The van der Waals surface area contributed by atoms with Gasteiger partial charge in [-0.15, -0.1) is 0 Å². The van der Waals surface area contributed by atoms with Crippen LogP contribution in [-0.2, 0) is 0 Å². The number of nitriles is 1. The smallest absolute Gasteiger partial charge is 0.407 e. The van der Waals surface area contributed by atoms with Crippen molar-refractivity contribution >= 4 is 12.0 Å². The zero-order valence-corrected chi connectivity index (χ0v) is 11.5. The number of nitrogens with zero attached hydrogens (tertiary/aromatic N) is 5. The number of anilines is 1. The minimum absolute atomic E-state index is 0.108. The molecule has 1 spiro atoms. The number of amides is 1. The van der Waals surface area contributed by atoms with Gasteiger partial charge in [0.1, 0.15) is 12.4 Å². The maximum Gasteiger partial charge on any atom is 0.407 e. The van der Waals surface area contributed by atoms with E-state index in [1.54, 1.807) is 0 Å². The minimum Gasteiger partial charge on any atom is -0.465 e. The van der Waals surface area contributed by atoms with Crippen LogP contribution in [0.5, 0.6) is 0 Å². The Bertz CT molecular complexity index is 583. The summed E-state index contributed by atoms with van der Waals surface area (Å²) in [7, 11) is 0. The Labute approximate surface area is 121 Å². The molecule has 110 valence electrons. The van der Waals surface area contributed by atoms with Gasteiger partial charge in [-0.1, -0.05) is 0 Å². The molecule has 1 saturated heterocycles. The first-order valence-electron chi connectivity index (χ1n) is 6.94. The number of hydrogen-bond donors (Lipinski definition) is 2. The molecule has 2 N–H and O–H groups in total. The summed E-state index contributed by atoms with van der Waals surface area (Å²) in [5.41, 5.74) is 0.259. The molecule has 2 heterocycles. The van der Waals surface area contributed by atoms with Crippen molar-refractivity contribution < 1.29 is 9.90 Å². The Balaban J connectivity index is 1.52. The first kappa shape index (κ1) is 13.5. The molecule has 0 unspecified atom stereocenters. The standard InChI is InChI=1S/C13H16N6O2/c14-7-10-15-8-16-11(18-10)17-9-5-13(6-9)1-3-19(4-2-13)12(20)21/h8-9H,1-6H2,(H,20,21)(H,15,16,17,18). The molecule has 8 nitrogen and oxygen atoms in total. The molecule has 3 rings (SSSR count). The fourth-order valence-corrected chi connectivity index (χ4v) is 3.27. The summed E-state index contributed by atoms with van der Waals surface area (Å²) in [6.07, 6.45) is 4.32. The third kappa shape index (κ3) is 2.72. The Morgan fingerprint density at radius 2 is 2.14 bits per heavy atom. The van der Waals surface area contributed by atoms with E-state index >= 15 is 0 Å². The van der Waals surface area contributed by atoms with Crippen molar-refractivity contribution in [1.82, 2.24) is 19.9 Å². The SMILES string of the molecule is N#Cc1ncnc(NC2CC3(CCN(C(=O)O)CC3)C2)n1. The maximum absolute atomic E-state index is 10.9. The number of hydrogen-bond acceptors (Lipinski definition) is 6. The highest BCUT2D eigenvalue weighted by atomic mass is 16.4. The zero-order valence-electron chi connectivity index (χ0n) is 11.5. The van der Waals surface area contributed by atoms with Crippen LogP contribution in [-0.4, -0.2) is 50.2 Å². The van der Waals surface area contributed by atoms with Crippen molar-refractivity contribution in [3.8, 4) is 6.07 Å². The van der Waals surface area contributed by atoms with Crippen LogP contribution in [0.3, 0.4) is 0 Å². The monoisotopic (exact) mass is 288 g/mol. The van der Waals surface area contributed by atoms with E-state index in [1.807, 2.05) is 6.07 Å². The second kappa shape index (κ2) is 5.16. The molecule has 1 amide bonds. The highest BCUT2D eigenvalue weighted by Crippen LogP contribution is 2.49. The average molecular weight is 288 g/mol. The van der Waals surface area contributed by atoms with E-state index in [-0.39, 0.29) is 17.3 Å². The lowest BCUT2D eigenvalue weighted by molar-refractivity contribution is 0.0265. The fourth-order valence-electron chi connectivity index (χ4n) is 3.27. The molecule has 0 atom stereocenters. The van der Waals surface area contributed by atoms with Crippen molar-refractivity contribution in [2.24, 2.45) is 5.41 Å². The summed E-state index contributed by atoms with van der Waals surface area (Å²) in [5, 5.41) is 20.9. The molecular formula is C13H16N6O2. The number of likely N-dealkylation sites (tertiary alicyclic amines) is 1. The second-order valence-electron chi connectivity index (χ2n) is 5.76. The van der Waals surface area contributed by atoms with Crippen molar-refractivity contribution in [2.45, 2.75) is 31.7 Å². The van der Waals surface area contributed by atoms with Crippen LogP contribution < -0.4 is 5.32 Å². The molecule has 2 fully saturated rings. The third-order valence-corrected chi connectivity index (χ3v) is 4.46. The molecule has 1 aromatic heterocycles. The zero-order chi connectivity index (χ0) is 14.9. The summed E-state index contributed by atoms with van der Waals surface area (Å²) >= 11 is 0. The van der Waals surface area contributed by atoms with Gasteiger partial charge < -0.3 is 15.3 Å². The van der Waals surface area contributed by atoms with Crippen LogP contribution in [0.25, 0.3) is 0 Å². The highest BCUT2D eigenvalue weighted by Gasteiger charge is 2.46. The van der Waals surface area contributed by atoms with Crippen molar-refractivity contribution in [3.05, 3.63) is 12.2 Å². The van der Waals surface area contributed by atoms with E-state index in [0.29, 0.717) is 19.0 Å². The topological polar surface area (TPSA) is 115 Å². The van der Waals surface area contributed by atoms with Gasteiger partial charge in [0.15, 0.2) is 0 Å². The predicted molar refractivity (Wildman–Crippen MR) is 72.5 cm³/mol. The van der Waals surface area contributed by atoms with Gasteiger partial charge in [0.05, 0.1) is 0 Å². The van der Waals surface area contributed by atoms with Gasteiger partial charge in [0.25, 0.3) is 0 Å². The van der Waals surface area contributed by atoms with Gasteiger partial charge in [0, 0.05) is 19.1 Å². The minimum atomic E-state index is -0.826. The van der Waals surface area contributed by atoms with Gasteiger partial charge in [-0.25, -0.2) is 14.8 Å². The molecule has 0 aromatic carbocycles. The molecule has 1 aliphatic heterocycles. The Morgan fingerprint density at radius 3 is 2.76 bits per heavy atom. The first-order chi connectivity index (χ1) is 10.1. The van der Waals surface area contributed by atoms with Crippen molar-refractivity contribution in [3.63, 3.8) is 0 Å². The fraction of sp³-hybridized carbons (Fsp3) is 0.615. The van der Waals surface area contributed by atoms with Crippen molar-refractivity contribution in [2.75, 3.05) is 18.4 Å². The molecule has 1 aromatic rings. The highest BCUT2D eigenvalue weighted by molar-refractivity contribution is 5.65. The maximum atomic E-state index is 10.9. The summed E-state index contributed by atoms with van der Waals surface area (Å²) < 4.78 is 0. The molecule has 8 heteroatoms. The number of nitrogens with one attached hydrogen (secondary N) is 1. The summed E-state index contributed by atoms with van der Waals surface area (Å²) in [5.74, 6) is 0.542. The van der Waals surface area contributed by atoms with Gasteiger partial charge in [-0.2, -0.15) is 10.2 Å². The van der Waals surface area contributed by atoms with Crippen LogP contribution in [0.1, 0.15) is 31.5 Å². The van der Waals surface area contributed by atoms with E-state index < -0.39 is 6.09 Å². The Kier molecular flexibility index (Phi) is 3.33. The molecular weight excluding hydrogens is 272 g/mol. The van der Waals surface area contributed by atoms with E-state index in [4.69, 9.17) is 10.4 Å². The number of carboxylic acid groups (broad SMARTS) is 1. The van der Waals surface area contributed by atoms with Crippen LogP contribution in [0, 0.1) is 16.7 Å². The van der Waals surface area contributed by atoms with Gasteiger partial charge in [-0.05, 0) is 31.1 Å². The molecule has 1 saturated carbocycles. The molecule has 0 bridgehead atoms. The average Bonchev–Trinajstić information content (AvgIpc) is 2.46. The summed E-state index contributed by atoms with van der Waals surface area (Å²) in [6.45, 7) is 1.23. The van der Waals surface area contributed by atoms with Gasteiger partial charge in [-0.3, -0.25) is 0 Å². The number of piperidine rings is 1. The number of rotatable bonds is 2. The molecule has 0 radical (unpaired) electrons. The van der Waals surface area contributed by atoms with E-state index in [2.05, 4.69) is 20.3 Å². The van der Waals surface area contributed by atoms with E-state index in [0.717, 1.165) is 25.7 Å².